The average molecular weight is 257 g/mol. The van der Waals surface area contributed by atoms with Crippen LogP contribution in [0.25, 0.3) is 22.2 Å². The Balaban J connectivity index is 2.33. The van der Waals surface area contributed by atoms with Gasteiger partial charge in [-0.15, -0.1) is 0 Å². The Morgan fingerprint density at radius 2 is 2.21 bits per heavy atom. The van der Waals surface area contributed by atoms with Gasteiger partial charge in [-0.1, -0.05) is 12.1 Å². The van der Waals surface area contributed by atoms with Crippen LogP contribution in [-0.4, -0.2) is 10.3 Å². The molecule has 0 fully saturated rings. The molecular weight excluding hydrogens is 246 g/mol. The Labute approximate surface area is 108 Å². The van der Waals surface area contributed by atoms with Crippen molar-refractivity contribution in [2.75, 3.05) is 0 Å². The van der Waals surface area contributed by atoms with Gasteiger partial charge in [-0.3, -0.25) is 4.79 Å². The van der Waals surface area contributed by atoms with E-state index in [1.54, 1.807) is 12.1 Å². The fraction of sp³-hybridized carbons (Fsp3) is 0.143. The number of rotatable bonds is 2. The van der Waals surface area contributed by atoms with E-state index in [0.29, 0.717) is 34.2 Å². The lowest BCUT2D eigenvalue weighted by Crippen LogP contribution is -2.05. The molecule has 1 aromatic carbocycles. The highest BCUT2D eigenvalue weighted by atomic mass is 16.5. The van der Waals surface area contributed by atoms with Gasteiger partial charge in [0.15, 0.2) is 0 Å². The topological polar surface area (TPSA) is 76.5 Å². The summed E-state index contributed by atoms with van der Waals surface area (Å²) < 4.78 is 10.1. The minimum absolute atomic E-state index is 0.132. The van der Waals surface area contributed by atoms with Gasteiger partial charge in [-0.2, -0.15) is 0 Å². The Morgan fingerprint density at radius 3 is 2.89 bits per heavy atom. The molecule has 0 unspecified atom stereocenters. The number of hydrogen-bond donors (Lipinski definition) is 1. The normalized spacial score (nSPS) is 11.0. The summed E-state index contributed by atoms with van der Waals surface area (Å²) in [6.45, 7) is 1.91. The van der Waals surface area contributed by atoms with Crippen LogP contribution in [0.3, 0.4) is 0 Å². The van der Waals surface area contributed by atoms with Crippen LogP contribution in [0.15, 0.2) is 44.5 Å². The highest BCUT2D eigenvalue weighted by molar-refractivity contribution is 5.83. The molecule has 5 heteroatoms. The molecule has 19 heavy (non-hydrogen) atoms. The summed E-state index contributed by atoms with van der Waals surface area (Å²) in [5.41, 5.74) is 1.64. The summed E-state index contributed by atoms with van der Waals surface area (Å²) in [6, 6.07) is 4.71. The third-order valence-corrected chi connectivity index (χ3v) is 3.07. The van der Waals surface area contributed by atoms with Gasteiger partial charge in [-0.05, 0) is 18.1 Å². The molecule has 3 rings (SSSR count). The van der Waals surface area contributed by atoms with Crippen LogP contribution in [0.2, 0.25) is 0 Å². The molecular formula is C14H11NO4. The second-order valence-electron chi connectivity index (χ2n) is 4.19. The number of hydrogen-bond acceptors (Lipinski definition) is 5. The van der Waals surface area contributed by atoms with Crippen LogP contribution < -0.4 is 5.43 Å². The predicted octanol–water partition coefficient (Wildman–Crippen LogP) is 2.72. The van der Waals surface area contributed by atoms with E-state index in [-0.39, 0.29) is 11.2 Å². The van der Waals surface area contributed by atoms with Crippen molar-refractivity contribution in [2.24, 2.45) is 0 Å². The number of nitrogens with zero attached hydrogens (tertiary/aromatic N) is 1. The van der Waals surface area contributed by atoms with Gasteiger partial charge in [0.2, 0.25) is 5.43 Å². The molecule has 3 aromatic rings. The van der Waals surface area contributed by atoms with Gasteiger partial charge >= 0.3 is 0 Å². The highest BCUT2D eigenvalue weighted by Gasteiger charge is 2.13. The largest absolute Gasteiger partial charge is 0.508 e. The summed E-state index contributed by atoms with van der Waals surface area (Å²) >= 11 is 0. The molecule has 0 amide bonds. The average Bonchev–Trinajstić information content (AvgIpc) is 2.92. The Kier molecular flexibility index (Phi) is 2.59. The third-order valence-electron chi connectivity index (χ3n) is 3.07. The quantitative estimate of drug-likeness (QED) is 0.763. The first-order chi connectivity index (χ1) is 9.20. The van der Waals surface area contributed by atoms with Crippen molar-refractivity contribution in [2.45, 2.75) is 13.3 Å². The minimum atomic E-state index is -0.190. The maximum absolute atomic E-state index is 12.4. The van der Waals surface area contributed by atoms with Crippen molar-refractivity contribution in [1.82, 2.24) is 5.16 Å². The number of benzene rings is 1. The second kappa shape index (κ2) is 4.28. The molecule has 0 aliphatic heterocycles. The summed E-state index contributed by atoms with van der Waals surface area (Å²) in [7, 11) is 0. The van der Waals surface area contributed by atoms with Gasteiger partial charge in [0.05, 0.1) is 10.9 Å². The molecule has 0 atom stereocenters. The molecule has 0 bridgehead atoms. The van der Waals surface area contributed by atoms with E-state index in [2.05, 4.69) is 5.16 Å². The zero-order chi connectivity index (χ0) is 13.4. The number of fused-ring (bicyclic) bond motifs is 1. The number of aromatic hydroxyl groups is 1. The smallest absolute Gasteiger partial charge is 0.202 e. The van der Waals surface area contributed by atoms with Gasteiger partial charge in [-0.25, -0.2) is 0 Å². The number of aromatic nitrogens is 1. The van der Waals surface area contributed by atoms with Crippen molar-refractivity contribution in [3.63, 3.8) is 0 Å². The third kappa shape index (κ3) is 1.79. The van der Waals surface area contributed by atoms with Crippen LogP contribution in [0.4, 0.5) is 0 Å². The maximum Gasteiger partial charge on any atom is 0.202 e. The molecule has 0 aliphatic carbocycles. The van der Waals surface area contributed by atoms with Crippen LogP contribution in [0, 0.1) is 0 Å². The van der Waals surface area contributed by atoms with Crippen molar-refractivity contribution in [3.05, 3.63) is 46.5 Å². The summed E-state index contributed by atoms with van der Waals surface area (Å²) in [4.78, 5) is 12.4. The lowest BCUT2D eigenvalue weighted by atomic mass is 10.1. The second-order valence-corrected chi connectivity index (χ2v) is 4.19. The molecule has 5 nitrogen and oxygen atoms in total. The summed E-state index contributed by atoms with van der Waals surface area (Å²) in [5, 5.41) is 13.9. The highest BCUT2D eigenvalue weighted by Crippen LogP contribution is 2.25. The van der Waals surface area contributed by atoms with E-state index < -0.39 is 0 Å². The van der Waals surface area contributed by atoms with Gasteiger partial charge in [0.25, 0.3) is 0 Å². The monoisotopic (exact) mass is 257 g/mol. The first-order valence-electron chi connectivity index (χ1n) is 5.89. The van der Waals surface area contributed by atoms with E-state index in [4.69, 9.17) is 8.94 Å². The first kappa shape index (κ1) is 11.5. The van der Waals surface area contributed by atoms with Crippen molar-refractivity contribution in [3.8, 4) is 17.0 Å². The fourth-order valence-corrected chi connectivity index (χ4v) is 2.02. The van der Waals surface area contributed by atoms with Crippen LogP contribution >= 0.6 is 0 Å². The molecule has 0 saturated heterocycles. The molecule has 2 heterocycles. The Hall–Kier alpha value is -2.56. The molecule has 0 spiro atoms. The van der Waals surface area contributed by atoms with Gasteiger partial charge < -0.3 is 14.0 Å². The molecule has 2 aromatic heterocycles. The van der Waals surface area contributed by atoms with Crippen molar-refractivity contribution >= 4 is 11.0 Å². The maximum atomic E-state index is 12.4. The Bertz CT molecular complexity index is 787. The van der Waals surface area contributed by atoms with Crippen LogP contribution in [0.5, 0.6) is 5.75 Å². The lowest BCUT2D eigenvalue weighted by molar-refractivity contribution is 0.422. The van der Waals surface area contributed by atoms with Crippen molar-refractivity contribution in [1.29, 1.82) is 0 Å². The molecule has 96 valence electrons. The zero-order valence-electron chi connectivity index (χ0n) is 10.2. The molecule has 0 saturated carbocycles. The van der Waals surface area contributed by atoms with Gasteiger partial charge in [0.1, 0.15) is 29.6 Å². The molecule has 1 N–H and O–H groups in total. The van der Waals surface area contributed by atoms with E-state index in [9.17, 15) is 9.90 Å². The molecule has 0 radical (unpaired) electrons. The fourth-order valence-electron chi connectivity index (χ4n) is 2.02. The van der Waals surface area contributed by atoms with E-state index >= 15 is 0 Å². The zero-order valence-corrected chi connectivity index (χ0v) is 10.2. The van der Waals surface area contributed by atoms with E-state index in [1.807, 2.05) is 6.92 Å². The van der Waals surface area contributed by atoms with Crippen LogP contribution in [-0.2, 0) is 6.42 Å². The summed E-state index contributed by atoms with van der Waals surface area (Å²) in [6.07, 6.45) is 3.36. The van der Waals surface area contributed by atoms with Crippen LogP contribution in [0.1, 0.15) is 12.5 Å². The SMILES string of the molecule is CCc1cc2c(=O)c(-c3ccon3)coc2cc1O. The van der Waals surface area contributed by atoms with E-state index in [0.717, 1.165) is 0 Å². The van der Waals surface area contributed by atoms with E-state index in [1.165, 1.54) is 18.6 Å². The first-order valence-corrected chi connectivity index (χ1v) is 5.89. The van der Waals surface area contributed by atoms with Gasteiger partial charge in [0, 0.05) is 12.1 Å². The minimum Gasteiger partial charge on any atom is -0.508 e. The predicted molar refractivity (Wildman–Crippen MR) is 69.0 cm³/mol. The number of phenolic OH excluding ortho intramolecular Hbond substituents is 1. The number of phenols is 1. The lowest BCUT2D eigenvalue weighted by Gasteiger charge is -2.04. The summed E-state index contributed by atoms with van der Waals surface area (Å²) in [5.74, 6) is 0.132. The Morgan fingerprint density at radius 1 is 1.37 bits per heavy atom. The molecule has 0 aliphatic rings. The van der Waals surface area contributed by atoms with Crippen molar-refractivity contribution < 1.29 is 14.0 Å². The standard InChI is InChI=1S/C14H11NO4/c1-2-8-5-9-13(6-12(8)16)18-7-10(14(9)17)11-3-4-19-15-11/h3-7,16H,2H2,1H3. The number of aryl methyl sites for hydroxylation is 1.